The highest BCUT2D eigenvalue weighted by atomic mass is 35.5. The molecule has 0 aromatic carbocycles. The average molecular weight is 548 g/mol. The summed E-state index contributed by atoms with van der Waals surface area (Å²) in [5.74, 6) is -0.221. The number of rotatable bonds is 9. The van der Waals surface area contributed by atoms with Crippen molar-refractivity contribution in [2.45, 2.75) is 50.8 Å². The van der Waals surface area contributed by atoms with Crippen LogP contribution in [0.3, 0.4) is 0 Å². The normalized spacial score (nSPS) is 17.9. The number of aliphatic imine (C=N–C) groups is 1. The highest BCUT2D eigenvalue weighted by Gasteiger charge is 2.28. The second kappa shape index (κ2) is 11.7. The molecule has 3 rings (SSSR count). The van der Waals surface area contributed by atoms with Crippen molar-refractivity contribution < 1.29 is 20.4 Å². The monoisotopic (exact) mass is 547 g/mol. The quantitative estimate of drug-likeness (QED) is 0.148. The molecule has 2 aromatic heterocycles. The van der Waals surface area contributed by atoms with Crippen LogP contribution in [-0.4, -0.2) is 87.5 Å². The van der Waals surface area contributed by atoms with E-state index in [0.29, 0.717) is 35.7 Å². The average Bonchev–Trinajstić information content (AvgIpc) is 3.36. The molecule has 0 aliphatic carbocycles. The maximum Gasteiger partial charge on any atom is 0.389 e. The van der Waals surface area contributed by atoms with E-state index in [-0.39, 0.29) is 17.5 Å². The van der Waals surface area contributed by atoms with Gasteiger partial charge < -0.3 is 31.5 Å². The Bertz CT molecular complexity index is 1210. The first kappa shape index (κ1) is 29.4. The number of piperidine rings is 1. The number of hydrogen-bond acceptors (Lipinski definition) is 11. The smallest absolute Gasteiger partial charge is 0.389 e. The zero-order valence-corrected chi connectivity index (χ0v) is 22.3. The molecular formula is C24H34ClN9O4. The van der Waals surface area contributed by atoms with Gasteiger partial charge in [-0.3, -0.25) is 4.90 Å². The van der Waals surface area contributed by atoms with Gasteiger partial charge >= 0.3 is 6.10 Å². The number of nitrogens with one attached hydrogen (secondary N) is 1. The van der Waals surface area contributed by atoms with E-state index in [2.05, 4.69) is 42.0 Å². The number of likely N-dealkylation sites (tertiary alicyclic amines) is 1. The number of allylic oxidation sites excluding steroid dienone is 1. The minimum Gasteiger partial charge on any atom is -0.400 e. The molecule has 0 saturated carbocycles. The topological polar surface area (TPSA) is 191 Å². The van der Waals surface area contributed by atoms with Gasteiger partial charge in [0.1, 0.15) is 11.4 Å². The van der Waals surface area contributed by atoms with Crippen molar-refractivity contribution in [3.05, 3.63) is 53.2 Å². The summed E-state index contributed by atoms with van der Waals surface area (Å²) in [4.78, 5) is 15.6. The number of aliphatic hydroxyl groups is 4. The molecule has 7 N–H and O–H groups in total. The van der Waals surface area contributed by atoms with Gasteiger partial charge in [-0.15, -0.1) is 0 Å². The maximum atomic E-state index is 10.1. The molecule has 0 atom stereocenters. The predicted molar refractivity (Wildman–Crippen MR) is 144 cm³/mol. The van der Waals surface area contributed by atoms with Gasteiger partial charge in [-0.1, -0.05) is 18.2 Å². The molecule has 0 spiro atoms. The molecule has 14 heteroatoms. The van der Waals surface area contributed by atoms with Gasteiger partial charge in [-0.05, 0) is 45.8 Å². The van der Waals surface area contributed by atoms with Crippen LogP contribution in [0.1, 0.15) is 44.9 Å². The summed E-state index contributed by atoms with van der Waals surface area (Å²) >= 11 is 6.50. The van der Waals surface area contributed by atoms with Crippen LogP contribution in [-0.2, 0) is 5.54 Å². The van der Waals surface area contributed by atoms with Crippen molar-refractivity contribution in [3.63, 3.8) is 0 Å². The van der Waals surface area contributed by atoms with Crippen molar-refractivity contribution in [2.24, 2.45) is 10.7 Å². The molecule has 3 heterocycles. The Hall–Kier alpha value is -3.20. The Morgan fingerprint density at radius 3 is 2.47 bits per heavy atom. The lowest BCUT2D eigenvalue weighted by atomic mass is 9.94. The van der Waals surface area contributed by atoms with Crippen LogP contribution in [0.15, 0.2) is 47.0 Å². The van der Waals surface area contributed by atoms with Gasteiger partial charge in [0.25, 0.3) is 0 Å². The summed E-state index contributed by atoms with van der Waals surface area (Å²) in [6.07, 6.45) is 7.00. The Morgan fingerprint density at radius 2 is 1.89 bits per heavy atom. The fraction of sp³-hybridized carbons (Fsp3) is 0.458. The van der Waals surface area contributed by atoms with Crippen LogP contribution in [0.2, 0.25) is 0 Å². The summed E-state index contributed by atoms with van der Waals surface area (Å²) in [7, 11) is 0. The number of aromatic nitrogens is 5. The first-order valence-corrected chi connectivity index (χ1v) is 12.2. The largest absolute Gasteiger partial charge is 0.400 e. The molecule has 1 saturated heterocycles. The number of amidine groups is 1. The molecule has 0 radical (unpaired) electrons. The molecular weight excluding hydrogens is 514 g/mol. The molecule has 13 nitrogen and oxygen atoms in total. The van der Waals surface area contributed by atoms with E-state index in [4.69, 9.17) is 17.3 Å². The van der Waals surface area contributed by atoms with Crippen molar-refractivity contribution in [1.82, 2.24) is 29.9 Å². The van der Waals surface area contributed by atoms with Crippen LogP contribution in [0.25, 0.3) is 12.2 Å². The fourth-order valence-electron chi connectivity index (χ4n) is 3.68. The van der Waals surface area contributed by atoms with Crippen LogP contribution < -0.4 is 11.1 Å². The molecule has 0 unspecified atom stereocenters. The van der Waals surface area contributed by atoms with Crippen molar-refractivity contribution in [1.29, 1.82) is 0 Å². The SMILES string of the molecule is C=Cc1nc(NC(/C=C(\N)C(C)(C)n2nccn2)=N\C(O)(O)O)ncc1/C=C(/Cl)CN1CCC(C)(O)CC1. The summed E-state index contributed by atoms with van der Waals surface area (Å²) in [5.41, 5.74) is 5.91. The standard InChI is InChI=1S/C24H34ClN9O4/c1-5-18-16(12-17(25)15-33-10-6-23(4,35)7-11-33)14-27-21(30-18)31-20(32-24(36,37)38)13-19(26)22(2,3)34-28-8-9-29-34/h5,8-9,12-14,35-38H,1,6-7,10-11,15,26H2,2-4H3,(H,27,30,31,32)/b17-12+,19-13-. The third-order valence-electron chi connectivity index (χ3n) is 6.09. The van der Waals surface area contributed by atoms with E-state index < -0.39 is 17.2 Å². The first-order valence-electron chi connectivity index (χ1n) is 11.9. The Labute approximate surface area is 225 Å². The molecule has 38 heavy (non-hydrogen) atoms. The lowest BCUT2D eigenvalue weighted by Gasteiger charge is -2.35. The zero-order chi connectivity index (χ0) is 28.1. The Morgan fingerprint density at radius 1 is 1.26 bits per heavy atom. The van der Waals surface area contributed by atoms with Crippen LogP contribution in [0.4, 0.5) is 5.95 Å². The number of anilines is 1. The van der Waals surface area contributed by atoms with Gasteiger partial charge in [0.2, 0.25) is 5.95 Å². The van der Waals surface area contributed by atoms with E-state index in [0.717, 1.165) is 13.1 Å². The predicted octanol–water partition coefficient (Wildman–Crippen LogP) is 0.814. The summed E-state index contributed by atoms with van der Waals surface area (Å²) in [6, 6.07) is 0. The second-order valence-corrected chi connectivity index (χ2v) is 10.3. The summed E-state index contributed by atoms with van der Waals surface area (Å²) < 4.78 is 0. The molecule has 2 aromatic rings. The third-order valence-corrected chi connectivity index (χ3v) is 6.32. The van der Waals surface area contributed by atoms with Crippen molar-refractivity contribution in [3.8, 4) is 0 Å². The highest BCUT2D eigenvalue weighted by molar-refractivity contribution is 6.31. The molecule has 1 aliphatic rings. The van der Waals surface area contributed by atoms with Gasteiger partial charge in [0.15, 0.2) is 0 Å². The lowest BCUT2D eigenvalue weighted by Crippen LogP contribution is -2.42. The van der Waals surface area contributed by atoms with Gasteiger partial charge in [0.05, 0.1) is 23.7 Å². The Kier molecular flexibility index (Phi) is 9.02. The van der Waals surface area contributed by atoms with Crippen LogP contribution >= 0.6 is 11.6 Å². The Balaban J connectivity index is 1.81. The molecule has 1 fully saturated rings. The molecule has 1 aliphatic heterocycles. The zero-order valence-electron chi connectivity index (χ0n) is 21.6. The minimum absolute atomic E-state index is 0.0218. The van der Waals surface area contributed by atoms with E-state index in [1.807, 2.05) is 6.92 Å². The fourth-order valence-corrected chi connectivity index (χ4v) is 3.96. The third kappa shape index (κ3) is 8.15. The number of nitrogens with two attached hydrogens (primary N) is 1. The van der Waals surface area contributed by atoms with E-state index in [1.165, 1.54) is 35.5 Å². The van der Waals surface area contributed by atoms with Gasteiger partial charge in [-0.25, -0.2) is 9.97 Å². The van der Waals surface area contributed by atoms with E-state index in [1.54, 1.807) is 19.9 Å². The molecule has 0 bridgehead atoms. The van der Waals surface area contributed by atoms with Crippen molar-refractivity contribution in [2.75, 3.05) is 25.0 Å². The van der Waals surface area contributed by atoms with E-state index in [9.17, 15) is 20.4 Å². The van der Waals surface area contributed by atoms with Crippen molar-refractivity contribution >= 4 is 35.5 Å². The first-order chi connectivity index (χ1) is 17.7. The van der Waals surface area contributed by atoms with Crippen LogP contribution in [0.5, 0.6) is 0 Å². The summed E-state index contributed by atoms with van der Waals surface area (Å²) in [5, 5.41) is 50.0. The number of halogens is 1. The highest BCUT2D eigenvalue weighted by Crippen LogP contribution is 2.24. The lowest BCUT2D eigenvalue weighted by molar-refractivity contribution is -0.304. The van der Waals surface area contributed by atoms with Crippen LogP contribution in [0, 0.1) is 0 Å². The summed E-state index contributed by atoms with van der Waals surface area (Å²) in [6.45, 7) is 11.1. The number of nitrogens with zero attached hydrogens (tertiary/aromatic N) is 7. The minimum atomic E-state index is -3.38. The van der Waals surface area contributed by atoms with Gasteiger partial charge in [-0.2, -0.15) is 20.0 Å². The molecule has 0 amide bonds. The van der Waals surface area contributed by atoms with Gasteiger partial charge in [0, 0.05) is 48.2 Å². The number of hydrogen-bond donors (Lipinski definition) is 6. The van der Waals surface area contributed by atoms with E-state index >= 15 is 0 Å². The second-order valence-electron chi connectivity index (χ2n) is 9.80. The maximum absolute atomic E-state index is 10.1. The molecule has 206 valence electrons.